The first-order valence-corrected chi connectivity index (χ1v) is 10.2. The quantitative estimate of drug-likeness (QED) is 0.827. The molecule has 1 N–H and O–H groups in total. The molecule has 0 saturated carbocycles. The molecule has 8 nitrogen and oxygen atoms in total. The molecule has 0 bridgehead atoms. The summed E-state index contributed by atoms with van der Waals surface area (Å²) in [5, 5.41) is 9.27. The Morgan fingerprint density at radius 3 is 2.76 bits per heavy atom. The number of cyclic esters (lactones) is 1. The Kier molecular flexibility index (Phi) is 4.36. The third kappa shape index (κ3) is 3.01. The highest BCUT2D eigenvalue weighted by Crippen LogP contribution is 2.44. The largest absolute Gasteiger partial charge is 0.489 e. The molecule has 1 aromatic heterocycles. The minimum absolute atomic E-state index is 0.0571. The van der Waals surface area contributed by atoms with E-state index in [0.29, 0.717) is 24.6 Å². The van der Waals surface area contributed by atoms with Crippen molar-refractivity contribution in [3.63, 3.8) is 0 Å². The lowest BCUT2D eigenvalue weighted by Gasteiger charge is -2.33. The molecule has 3 atom stereocenters. The molecule has 3 aliphatic rings. The fraction of sp³-hybridized carbons (Fsp3) is 0.350. The molecule has 4 heterocycles. The van der Waals surface area contributed by atoms with Crippen molar-refractivity contribution in [2.75, 3.05) is 31.7 Å². The number of pyridine rings is 1. The smallest absolute Gasteiger partial charge is 0.410 e. The van der Waals surface area contributed by atoms with Gasteiger partial charge in [-0.25, -0.2) is 4.79 Å². The number of likely N-dealkylation sites (N-methyl/N-ethyl adjacent to an activating group) is 1. The SMILES string of the molecule is CN1C[C@H](c2ccc(-c3ccc4c(c3)OC[C@H]3[C@H](CO)SC(=O)N43)cn2)OC1=O. The summed E-state index contributed by atoms with van der Waals surface area (Å²) >= 11 is 1.16. The van der Waals surface area contributed by atoms with Crippen molar-refractivity contribution in [2.45, 2.75) is 17.4 Å². The van der Waals surface area contributed by atoms with Crippen molar-refractivity contribution < 1.29 is 24.2 Å². The van der Waals surface area contributed by atoms with Crippen LogP contribution >= 0.6 is 11.8 Å². The summed E-state index contributed by atoms with van der Waals surface area (Å²) in [7, 11) is 1.70. The Bertz CT molecular complexity index is 983. The maximum absolute atomic E-state index is 12.4. The summed E-state index contributed by atoms with van der Waals surface area (Å²) in [6.45, 7) is 0.784. The van der Waals surface area contributed by atoms with Gasteiger partial charge in [-0.3, -0.25) is 14.7 Å². The van der Waals surface area contributed by atoms with Gasteiger partial charge in [-0.2, -0.15) is 0 Å². The van der Waals surface area contributed by atoms with Gasteiger partial charge in [-0.1, -0.05) is 23.9 Å². The van der Waals surface area contributed by atoms with Gasteiger partial charge >= 0.3 is 6.09 Å². The van der Waals surface area contributed by atoms with Crippen LogP contribution in [-0.2, 0) is 4.74 Å². The van der Waals surface area contributed by atoms with E-state index in [1.807, 2.05) is 30.3 Å². The Labute approximate surface area is 171 Å². The van der Waals surface area contributed by atoms with Gasteiger partial charge in [-0.15, -0.1) is 0 Å². The molecule has 1 aromatic carbocycles. The number of hydrogen-bond donors (Lipinski definition) is 1. The van der Waals surface area contributed by atoms with E-state index < -0.39 is 0 Å². The molecule has 29 heavy (non-hydrogen) atoms. The highest BCUT2D eigenvalue weighted by molar-refractivity contribution is 8.15. The molecular formula is C20H19N3O5S. The van der Waals surface area contributed by atoms with E-state index in [9.17, 15) is 14.7 Å². The van der Waals surface area contributed by atoms with Crippen LogP contribution < -0.4 is 9.64 Å². The van der Waals surface area contributed by atoms with Gasteiger partial charge in [0.05, 0.1) is 35.8 Å². The molecule has 2 aromatic rings. The van der Waals surface area contributed by atoms with E-state index in [4.69, 9.17) is 9.47 Å². The predicted molar refractivity (Wildman–Crippen MR) is 107 cm³/mol. The Balaban J connectivity index is 1.40. The number of carbonyl (C=O) groups excluding carboxylic acids is 2. The number of aliphatic hydroxyl groups is 1. The molecule has 150 valence electrons. The van der Waals surface area contributed by atoms with Crippen LogP contribution in [0.3, 0.4) is 0 Å². The predicted octanol–water partition coefficient (Wildman–Crippen LogP) is 2.67. The van der Waals surface area contributed by atoms with Crippen LogP contribution in [0.4, 0.5) is 15.3 Å². The van der Waals surface area contributed by atoms with Crippen molar-refractivity contribution >= 4 is 28.8 Å². The van der Waals surface area contributed by atoms with Crippen LogP contribution in [0.1, 0.15) is 11.8 Å². The number of amides is 2. The monoisotopic (exact) mass is 413 g/mol. The molecule has 9 heteroatoms. The summed E-state index contributed by atoms with van der Waals surface area (Å²) in [4.78, 5) is 31.6. The zero-order valence-electron chi connectivity index (χ0n) is 15.6. The number of nitrogens with zero attached hydrogens (tertiary/aromatic N) is 3. The molecule has 2 amide bonds. The van der Waals surface area contributed by atoms with Gasteiger partial charge in [0.1, 0.15) is 12.4 Å². The van der Waals surface area contributed by atoms with Crippen LogP contribution in [0.2, 0.25) is 0 Å². The van der Waals surface area contributed by atoms with E-state index in [1.165, 1.54) is 4.90 Å². The van der Waals surface area contributed by atoms with Gasteiger partial charge < -0.3 is 19.5 Å². The number of aliphatic hydroxyl groups excluding tert-OH is 1. The van der Waals surface area contributed by atoms with E-state index in [1.54, 1.807) is 18.1 Å². The van der Waals surface area contributed by atoms with Crippen LogP contribution in [0, 0.1) is 0 Å². The van der Waals surface area contributed by atoms with Crippen molar-refractivity contribution in [3.05, 3.63) is 42.2 Å². The molecule has 2 fully saturated rings. The van der Waals surface area contributed by atoms with Gasteiger partial charge in [0.2, 0.25) is 0 Å². The molecule has 0 unspecified atom stereocenters. The van der Waals surface area contributed by atoms with E-state index >= 15 is 0 Å². The number of anilines is 1. The third-order valence-electron chi connectivity index (χ3n) is 5.46. The fourth-order valence-electron chi connectivity index (χ4n) is 3.86. The maximum atomic E-state index is 12.4. The fourth-order valence-corrected chi connectivity index (χ4v) is 4.90. The van der Waals surface area contributed by atoms with Crippen molar-refractivity contribution in [3.8, 4) is 16.9 Å². The number of fused-ring (bicyclic) bond motifs is 3. The topological polar surface area (TPSA) is 92.2 Å². The third-order valence-corrected chi connectivity index (χ3v) is 6.63. The highest BCUT2D eigenvalue weighted by Gasteiger charge is 2.45. The van der Waals surface area contributed by atoms with Gasteiger partial charge in [-0.05, 0) is 23.8 Å². The zero-order valence-corrected chi connectivity index (χ0v) is 16.5. The van der Waals surface area contributed by atoms with Crippen LogP contribution in [0.25, 0.3) is 11.1 Å². The number of hydrogen-bond acceptors (Lipinski definition) is 7. The van der Waals surface area contributed by atoms with E-state index in [0.717, 1.165) is 28.6 Å². The van der Waals surface area contributed by atoms with Crippen LogP contribution in [0.5, 0.6) is 5.75 Å². The number of ether oxygens (including phenoxy) is 2. The average molecular weight is 413 g/mol. The first-order chi connectivity index (χ1) is 14.0. The molecule has 2 saturated heterocycles. The summed E-state index contributed by atoms with van der Waals surface area (Å²) in [5.74, 6) is 0.640. The first-order valence-electron chi connectivity index (χ1n) is 9.31. The molecule has 0 radical (unpaired) electrons. The minimum Gasteiger partial charge on any atom is -0.489 e. The summed E-state index contributed by atoms with van der Waals surface area (Å²) in [5.41, 5.74) is 3.25. The lowest BCUT2D eigenvalue weighted by molar-refractivity contribution is 0.133. The normalized spacial score (nSPS) is 25.5. The van der Waals surface area contributed by atoms with Crippen molar-refractivity contribution in [2.24, 2.45) is 0 Å². The highest BCUT2D eigenvalue weighted by atomic mass is 32.2. The van der Waals surface area contributed by atoms with Crippen molar-refractivity contribution in [1.82, 2.24) is 9.88 Å². The number of rotatable bonds is 3. The Hall–Kier alpha value is -2.78. The van der Waals surface area contributed by atoms with Crippen LogP contribution in [-0.4, -0.2) is 64.4 Å². The second-order valence-electron chi connectivity index (χ2n) is 7.26. The standard InChI is InChI=1S/C20H19N3O5S/c1-22-8-17(28-19(22)25)13-4-2-12(7-21-13)11-3-5-14-16(6-11)27-10-15-18(9-24)29-20(26)23(14)15/h2-7,15,17-18,24H,8-10H2,1H3/t15-,17+,18-/m0/s1. The van der Waals surface area contributed by atoms with E-state index in [2.05, 4.69) is 4.98 Å². The summed E-state index contributed by atoms with van der Waals surface area (Å²) < 4.78 is 11.2. The number of benzene rings is 1. The molecule has 0 aliphatic carbocycles. The Morgan fingerprint density at radius 2 is 2.07 bits per heavy atom. The summed E-state index contributed by atoms with van der Waals surface area (Å²) in [6.07, 6.45) is 1.04. The Morgan fingerprint density at radius 1 is 1.24 bits per heavy atom. The van der Waals surface area contributed by atoms with Gasteiger partial charge in [0, 0.05) is 18.8 Å². The lowest BCUT2D eigenvalue weighted by atomic mass is 10.0. The number of thioether (sulfide) groups is 1. The molecule has 3 aliphatic heterocycles. The summed E-state index contributed by atoms with van der Waals surface area (Å²) in [6, 6.07) is 9.33. The second-order valence-corrected chi connectivity index (χ2v) is 8.45. The first kappa shape index (κ1) is 18.3. The van der Waals surface area contributed by atoms with Gasteiger partial charge in [0.15, 0.2) is 6.10 Å². The molecule has 5 rings (SSSR count). The number of aromatic nitrogens is 1. The number of carbonyl (C=O) groups is 2. The second kappa shape index (κ2) is 6.93. The molecular weight excluding hydrogens is 394 g/mol. The average Bonchev–Trinajstić information content (AvgIpc) is 3.26. The minimum atomic E-state index is -0.358. The van der Waals surface area contributed by atoms with Crippen LogP contribution in [0.15, 0.2) is 36.5 Å². The van der Waals surface area contributed by atoms with E-state index in [-0.39, 0.29) is 35.3 Å². The zero-order chi connectivity index (χ0) is 20.1. The van der Waals surface area contributed by atoms with Gasteiger partial charge in [0.25, 0.3) is 5.24 Å². The van der Waals surface area contributed by atoms with Crippen molar-refractivity contribution in [1.29, 1.82) is 0 Å². The maximum Gasteiger partial charge on any atom is 0.410 e. The lowest BCUT2D eigenvalue weighted by Crippen LogP contribution is -2.45. The molecule has 0 spiro atoms.